The molecule has 1 saturated carbocycles. The molecule has 2 aromatic carbocycles. The molecule has 0 atom stereocenters. The topological polar surface area (TPSA) is 39.3 Å². The van der Waals surface area contributed by atoms with Crippen molar-refractivity contribution in [2.24, 2.45) is 0 Å². The lowest BCUT2D eigenvalue weighted by atomic mass is 9.74. The van der Waals surface area contributed by atoms with Gasteiger partial charge in [-0.05, 0) is 63.4 Å². The van der Waals surface area contributed by atoms with Crippen molar-refractivity contribution in [2.75, 3.05) is 27.2 Å². The van der Waals surface area contributed by atoms with Gasteiger partial charge in [0.2, 0.25) is 5.91 Å². The Morgan fingerprint density at radius 1 is 1.00 bits per heavy atom. The first kappa shape index (κ1) is 24.3. The third-order valence-electron chi connectivity index (χ3n) is 7.67. The molecule has 178 valence electrons. The lowest BCUT2D eigenvalue weighted by Gasteiger charge is -2.44. The number of nitrogens with one attached hydrogen (secondary N) is 1. The van der Waals surface area contributed by atoms with Crippen LogP contribution in [0.2, 0.25) is 0 Å². The summed E-state index contributed by atoms with van der Waals surface area (Å²) in [7, 11) is 4.36. The SMILES string of the molecule is CN(C)C1(c2ccccc2)CCC(=CC(=O)N2CC=C(c3c[nH]c4ccccc34)CC2)CC1.Cl. The quantitative estimate of drug-likeness (QED) is 0.459. The number of halogens is 1. The van der Waals surface area contributed by atoms with E-state index < -0.39 is 0 Å². The average Bonchev–Trinajstić information content (AvgIpc) is 3.29. The number of carbonyl (C=O) groups excluding carboxylic acids is 1. The maximum atomic E-state index is 13.0. The van der Waals surface area contributed by atoms with E-state index in [-0.39, 0.29) is 23.9 Å². The number of nitrogens with zero attached hydrogens (tertiary/aromatic N) is 2. The van der Waals surface area contributed by atoms with Gasteiger partial charge >= 0.3 is 0 Å². The summed E-state index contributed by atoms with van der Waals surface area (Å²) < 4.78 is 0. The van der Waals surface area contributed by atoms with Crippen LogP contribution in [-0.2, 0) is 10.3 Å². The van der Waals surface area contributed by atoms with Gasteiger partial charge in [-0.25, -0.2) is 0 Å². The Morgan fingerprint density at radius 2 is 1.71 bits per heavy atom. The van der Waals surface area contributed by atoms with E-state index in [0.29, 0.717) is 6.54 Å². The lowest BCUT2D eigenvalue weighted by molar-refractivity contribution is -0.125. The van der Waals surface area contributed by atoms with Crippen LogP contribution < -0.4 is 0 Å². The van der Waals surface area contributed by atoms with Crippen LogP contribution in [0.15, 0.2) is 78.5 Å². The monoisotopic (exact) mass is 475 g/mol. The average molecular weight is 476 g/mol. The van der Waals surface area contributed by atoms with Gasteiger partial charge in [-0.3, -0.25) is 9.69 Å². The molecule has 1 fully saturated rings. The van der Waals surface area contributed by atoms with Crippen molar-refractivity contribution in [1.29, 1.82) is 0 Å². The molecule has 3 aromatic rings. The predicted molar refractivity (Wildman–Crippen MR) is 143 cm³/mol. The summed E-state index contributed by atoms with van der Waals surface area (Å²) in [6.07, 6.45) is 11.2. The molecule has 1 aromatic heterocycles. The maximum absolute atomic E-state index is 13.0. The smallest absolute Gasteiger partial charge is 0.246 e. The standard InChI is InChI=1S/C29H33N3O.ClH/c1-31(2)29(24-8-4-3-5-9-24)16-12-22(13-17-29)20-28(33)32-18-14-23(15-19-32)26-21-30-27-11-7-6-10-25(26)27;/h3-11,14,20-21,30H,12-13,15-19H2,1-2H3;1H. The molecule has 4 nitrogen and oxygen atoms in total. The molecule has 0 bridgehead atoms. The number of rotatable bonds is 4. The minimum Gasteiger partial charge on any atom is -0.361 e. The van der Waals surface area contributed by atoms with Gasteiger partial charge < -0.3 is 9.88 Å². The molecule has 1 aliphatic heterocycles. The fraction of sp³-hybridized carbons (Fsp3) is 0.345. The fourth-order valence-electron chi connectivity index (χ4n) is 5.59. The molecule has 1 aliphatic carbocycles. The zero-order valence-electron chi connectivity index (χ0n) is 20.1. The van der Waals surface area contributed by atoms with Crippen molar-refractivity contribution < 1.29 is 4.79 Å². The van der Waals surface area contributed by atoms with E-state index in [2.05, 4.69) is 90.8 Å². The van der Waals surface area contributed by atoms with Crippen LogP contribution in [-0.4, -0.2) is 47.9 Å². The molecular weight excluding hydrogens is 442 g/mol. The third-order valence-corrected chi connectivity index (χ3v) is 7.67. The van der Waals surface area contributed by atoms with Crippen molar-refractivity contribution in [3.63, 3.8) is 0 Å². The zero-order chi connectivity index (χ0) is 22.8. The zero-order valence-corrected chi connectivity index (χ0v) is 20.9. The van der Waals surface area contributed by atoms with Crippen LogP contribution in [0, 0.1) is 0 Å². The number of aromatic nitrogens is 1. The first-order chi connectivity index (χ1) is 16.1. The Morgan fingerprint density at radius 3 is 2.38 bits per heavy atom. The molecule has 34 heavy (non-hydrogen) atoms. The molecule has 0 unspecified atom stereocenters. The Hall–Kier alpha value is -2.82. The van der Waals surface area contributed by atoms with E-state index >= 15 is 0 Å². The number of aromatic amines is 1. The number of benzene rings is 2. The first-order valence-corrected chi connectivity index (χ1v) is 12.0. The summed E-state index contributed by atoms with van der Waals surface area (Å²) in [5.41, 5.74) is 6.50. The molecule has 5 rings (SSSR count). The number of amides is 1. The van der Waals surface area contributed by atoms with Crippen LogP contribution in [0.25, 0.3) is 16.5 Å². The van der Waals surface area contributed by atoms with Crippen LogP contribution in [0.4, 0.5) is 0 Å². The molecule has 1 N–H and O–H groups in total. The van der Waals surface area contributed by atoms with Crippen LogP contribution in [0.1, 0.15) is 43.2 Å². The number of fused-ring (bicyclic) bond motifs is 1. The van der Waals surface area contributed by atoms with Gasteiger partial charge in [-0.2, -0.15) is 0 Å². The van der Waals surface area contributed by atoms with Gasteiger partial charge in [0.15, 0.2) is 0 Å². The van der Waals surface area contributed by atoms with Crippen molar-refractivity contribution in [3.8, 4) is 0 Å². The molecule has 2 aliphatic rings. The van der Waals surface area contributed by atoms with Gasteiger partial charge in [0.1, 0.15) is 0 Å². The van der Waals surface area contributed by atoms with Crippen LogP contribution >= 0.6 is 12.4 Å². The number of hydrogen-bond acceptors (Lipinski definition) is 2. The normalized spacial score (nSPS) is 20.7. The summed E-state index contributed by atoms with van der Waals surface area (Å²) in [5.74, 6) is 0.163. The molecule has 2 heterocycles. The molecule has 0 radical (unpaired) electrons. The maximum Gasteiger partial charge on any atom is 0.246 e. The van der Waals surface area contributed by atoms with E-state index in [9.17, 15) is 4.79 Å². The molecular formula is C29H34ClN3O. The largest absolute Gasteiger partial charge is 0.361 e. The minimum atomic E-state index is 0. The second-order valence-corrected chi connectivity index (χ2v) is 9.61. The van der Waals surface area contributed by atoms with Gasteiger partial charge in [-0.1, -0.05) is 60.2 Å². The summed E-state index contributed by atoms with van der Waals surface area (Å²) in [5, 5.41) is 1.26. The number of H-pyrrole nitrogens is 1. The van der Waals surface area contributed by atoms with Gasteiger partial charge in [0.25, 0.3) is 0 Å². The van der Waals surface area contributed by atoms with Crippen molar-refractivity contribution >= 4 is 34.8 Å². The lowest BCUT2D eigenvalue weighted by Crippen LogP contribution is -2.43. The molecule has 5 heteroatoms. The second-order valence-electron chi connectivity index (χ2n) is 9.61. The van der Waals surface area contributed by atoms with E-state index in [4.69, 9.17) is 0 Å². The summed E-state index contributed by atoms with van der Waals surface area (Å²) in [4.78, 5) is 20.8. The highest BCUT2D eigenvalue weighted by atomic mass is 35.5. The van der Waals surface area contributed by atoms with Crippen LogP contribution in [0.5, 0.6) is 0 Å². The summed E-state index contributed by atoms with van der Waals surface area (Å²) >= 11 is 0. The predicted octanol–water partition coefficient (Wildman–Crippen LogP) is 6.16. The third kappa shape index (κ3) is 4.57. The van der Waals surface area contributed by atoms with E-state index in [0.717, 1.165) is 38.6 Å². The fourth-order valence-corrected chi connectivity index (χ4v) is 5.59. The Labute approximate surface area is 208 Å². The molecule has 0 saturated heterocycles. The molecule has 0 spiro atoms. The summed E-state index contributed by atoms with van der Waals surface area (Å²) in [6, 6.07) is 19.2. The second kappa shape index (κ2) is 10.2. The number of allylic oxidation sites excluding steroid dienone is 1. The molecule has 1 amide bonds. The number of para-hydroxylation sites is 1. The van der Waals surface area contributed by atoms with Crippen molar-refractivity contribution in [2.45, 2.75) is 37.6 Å². The first-order valence-electron chi connectivity index (χ1n) is 12.0. The highest BCUT2D eigenvalue weighted by Gasteiger charge is 2.37. The number of carbonyl (C=O) groups is 1. The van der Waals surface area contributed by atoms with Crippen molar-refractivity contribution in [3.05, 3.63) is 89.6 Å². The van der Waals surface area contributed by atoms with E-state index in [1.165, 1.54) is 33.2 Å². The Balaban J connectivity index is 0.00000274. The van der Waals surface area contributed by atoms with Gasteiger partial charge in [-0.15, -0.1) is 12.4 Å². The Kier molecular flexibility index (Phi) is 7.30. The highest BCUT2D eigenvalue weighted by molar-refractivity contribution is 5.94. The minimum absolute atomic E-state index is 0. The van der Waals surface area contributed by atoms with Crippen molar-refractivity contribution in [1.82, 2.24) is 14.8 Å². The number of hydrogen-bond donors (Lipinski definition) is 1. The van der Waals surface area contributed by atoms with Crippen LogP contribution in [0.3, 0.4) is 0 Å². The van der Waals surface area contributed by atoms with Gasteiger partial charge in [0.05, 0.1) is 0 Å². The van der Waals surface area contributed by atoms with E-state index in [1.54, 1.807) is 0 Å². The van der Waals surface area contributed by atoms with Gasteiger partial charge in [0, 0.05) is 47.4 Å². The summed E-state index contributed by atoms with van der Waals surface area (Å²) in [6.45, 7) is 1.46. The Bertz CT molecular complexity index is 1200. The highest BCUT2D eigenvalue weighted by Crippen LogP contribution is 2.42. The van der Waals surface area contributed by atoms with E-state index in [1.807, 2.05) is 11.0 Å².